The maximum absolute atomic E-state index is 10.3. The van der Waals surface area contributed by atoms with Crippen LogP contribution in [0.4, 0.5) is 0 Å². The van der Waals surface area contributed by atoms with E-state index in [1.54, 1.807) is 6.07 Å². The summed E-state index contributed by atoms with van der Waals surface area (Å²) in [6, 6.07) is 3.87. The topological polar surface area (TPSA) is 35.5 Å². The summed E-state index contributed by atoms with van der Waals surface area (Å²) >= 11 is 9.57. The van der Waals surface area contributed by atoms with Crippen LogP contribution in [0.3, 0.4) is 0 Å². The van der Waals surface area contributed by atoms with Crippen LogP contribution in [0.1, 0.15) is 24.4 Å². The second-order valence-electron chi connectivity index (χ2n) is 4.99. The standard InChI is InChI=1S/C15H20BrClN2O/c1-2-3-4-14(19-7-5-18-6-8-19)12-9-11(16)10-13(17)15(12)20/h2,9-10,14,18,20H,1,3-8H2/t14-/m1/s1. The number of rotatable bonds is 5. The molecule has 1 atom stereocenters. The van der Waals surface area contributed by atoms with Crippen LogP contribution in [0, 0.1) is 0 Å². The van der Waals surface area contributed by atoms with E-state index in [4.69, 9.17) is 11.6 Å². The third kappa shape index (κ3) is 3.76. The lowest BCUT2D eigenvalue weighted by Crippen LogP contribution is -2.45. The highest BCUT2D eigenvalue weighted by atomic mass is 79.9. The molecule has 1 aliphatic rings. The van der Waals surface area contributed by atoms with Crippen molar-refractivity contribution < 1.29 is 5.11 Å². The van der Waals surface area contributed by atoms with Crippen molar-refractivity contribution in [2.75, 3.05) is 26.2 Å². The molecule has 0 saturated carbocycles. The second kappa shape index (κ2) is 7.46. The van der Waals surface area contributed by atoms with E-state index in [0.717, 1.165) is 49.1 Å². The molecule has 1 aromatic carbocycles. The predicted octanol–water partition coefficient (Wildman–Crippen LogP) is 3.72. The molecule has 0 aliphatic carbocycles. The average molecular weight is 360 g/mol. The van der Waals surface area contributed by atoms with Gasteiger partial charge in [-0.3, -0.25) is 4.90 Å². The van der Waals surface area contributed by atoms with E-state index in [0.29, 0.717) is 5.02 Å². The van der Waals surface area contributed by atoms with E-state index >= 15 is 0 Å². The largest absolute Gasteiger partial charge is 0.506 e. The monoisotopic (exact) mass is 358 g/mol. The molecule has 0 amide bonds. The zero-order valence-corrected chi connectivity index (χ0v) is 13.8. The van der Waals surface area contributed by atoms with Crippen LogP contribution in [0.2, 0.25) is 5.02 Å². The minimum absolute atomic E-state index is 0.171. The van der Waals surface area contributed by atoms with E-state index < -0.39 is 0 Å². The van der Waals surface area contributed by atoms with Crippen LogP contribution in [0.5, 0.6) is 5.75 Å². The summed E-state index contributed by atoms with van der Waals surface area (Å²) < 4.78 is 0.897. The molecule has 0 spiro atoms. The summed E-state index contributed by atoms with van der Waals surface area (Å²) in [5, 5.41) is 14.1. The van der Waals surface area contributed by atoms with Gasteiger partial charge < -0.3 is 10.4 Å². The molecule has 2 N–H and O–H groups in total. The summed E-state index contributed by atoms with van der Waals surface area (Å²) in [5.41, 5.74) is 0.896. The number of allylic oxidation sites excluding steroid dienone is 1. The number of halogens is 2. The Balaban J connectivity index is 2.31. The van der Waals surface area contributed by atoms with Crippen LogP contribution in [0.15, 0.2) is 29.3 Å². The normalized spacial score (nSPS) is 17.9. The lowest BCUT2D eigenvalue weighted by atomic mass is 9.98. The van der Waals surface area contributed by atoms with Gasteiger partial charge in [-0.25, -0.2) is 0 Å². The molecule has 5 heteroatoms. The first-order chi connectivity index (χ1) is 9.63. The van der Waals surface area contributed by atoms with Gasteiger partial charge in [0.1, 0.15) is 5.75 Å². The fourth-order valence-corrected chi connectivity index (χ4v) is 3.48. The third-order valence-electron chi connectivity index (χ3n) is 3.65. The highest BCUT2D eigenvalue weighted by molar-refractivity contribution is 9.10. The van der Waals surface area contributed by atoms with Crippen LogP contribution in [-0.2, 0) is 0 Å². The molecular formula is C15H20BrClN2O. The number of phenols is 1. The Kier molecular flexibility index (Phi) is 5.90. The first-order valence-corrected chi connectivity index (χ1v) is 8.04. The Morgan fingerprint density at radius 1 is 1.45 bits per heavy atom. The van der Waals surface area contributed by atoms with Gasteiger partial charge in [-0.2, -0.15) is 0 Å². The van der Waals surface area contributed by atoms with Crippen molar-refractivity contribution in [3.05, 3.63) is 39.8 Å². The van der Waals surface area contributed by atoms with Gasteiger partial charge in [-0.15, -0.1) is 6.58 Å². The Hall–Kier alpha value is -0.550. The van der Waals surface area contributed by atoms with Crippen LogP contribution in [-0.4, -0.2) is 36.2 Å². The van der Waals surface area contributed by atoms with Gasteiger partial charge >= 0.3 is 0 Å². The summed E-state index contributed by atoms with van der Waals surface area (Å²) in [4.78, 5) is 2.40. The summed E-state index contributed by atoms with van der Waals surface area (Å²) in [6.07, 6.45) is 3.77. The van der Waals surface area contributed by atoms with Crippen LogP contribution >= 0.6 is 27.5 Å². The number of piperazine rings is 1. The number of phenolic OH excluding ortho intramolecular Hbond substituents is 1. The van der Waals surface area contributed by atoms with Crippen LogP contribution < -0.4 is 5.32 Å². The Morgan fingerprint density at radius 2 is 2.15 bits per heavy atom. The van der Waals surface area contributed by atoms with Crippen molar-refractivity contribution in [2.45, 2.75) is 18.9 Å². The summed E-state index contributed by atoms with van der Waals surface area (Å²) in [7, 11) is 0. The van der Waals surface area contributed by atoms with Gasteiger partial charge in [0.15, 0.2) is 0 Å². The van der Waals surface area contributed by atoms with E-state index in [9.17, 15) is 5.11 Å². The smallest absolute Gasteiger partial charge is 0.139 e. The summed E-state index contributed by atoms with van der Waals surface area (Å²) in [5.74, 6) is 0.197. The number of nitrogens with zero attached hydrogens (tertiary/aromatic N) is 1. The lowest BCUT2D eigenvalue weighted by molar-refractivity contribution is 0.163. The molecule has 1 aromatic rings. The molecule has 0 radical (unpaired) electrons. The Labute approximate surface area is 133 Å². The zero-order valence-electron chi connectivity index (χ0n) is 11.4. The first kappa shape index (κ1) is 15.8. The van der Waals surface area contributed by atoms with Gasteiger partial charge in [0.25, 0.3) is 0 Å². The van der Waals surface area contributed by atoms with E-state index in [1.165, 1.54) is 0 Å². The molecule has 1 saturated heterocycles. The summed E-state index contributed by atoms with van der Waals surface area (Å²) in [6.45, 7) is 7.71. The number of hydrogen-bond acceptors (Lipinski definition) is 3. The van der Waals surface area contributed by atoms with E-state index in [-0.39, 0.29) is 11.8 Å². The van der Waals surface area contributed by atoms with Gasteiger partial charge in [0.05, 0.1) is 5.02 Å². The fraction of sp³-hybridized carbons (Fsp3) is 0.467. The Morgan fingerprint density at radius 3 is 2.80 bits per heavy atom. The molecule has 0 aromatic heterocycles. The van der Waals surface area contributed by atoms with Gasteiger partial charge in [-0.1, -0.05) is 33.6 Å². The maximum Gasteiger partial charge on any atom is 0.139 e. The molecule has 1 aliphatic heterocycles. The molecule has 20 heavy (non-hydrogen) atoms. The van der Waals surface area contributed by atoms with Crippen molar-refractivity contribution in [3.63, 3.8) is 0 Å². The minimum Gasteiger partial charge on any atom is -0.506 e. The lowest BCUT2D eigenvalue weighted by Gasteiger charge is -2.35. The predicted molar refractivity (Wildman–Crippen MR) is 87.4 cm³/mol. The first-order valence-electron chi connectivity index (χ1n) is 6.87. The minimum atomic E-state index is 0.171. The maximum atomic E-state index is 10.3. The second-order valence-corrected chi connectivity index (χ2v) is 6.32. The molecule has 110 valence electrons. The van der Waals surface area contributed by atoms with Gasteiger partial charge in [0.2, 0.25) is 0 Å². The molecule has 0 bridgehead atoms. The highest BCUT2D eigenvalue weighted by Crippen LogP contribution is 2.39. The Bertz CT molecular complexity index is 475. The average Bonchev–Trinajstić information content (AvgIpc) is 2.45. The third-order valence-corrected chi connectivity index (χ3v) is 4.40. The molecule has 0 unspecified atom stereocenters. The molecule has 1 fully saturated rings. The van der Waals surface area contributed by atoms with Crippen molar-refractivity contribution in [1.82, 2.24) is 10.2 Å². The molecule has 2 rings (SSSR count). The van der Waals surface area contributed by atoms with Crippen LogP contribution in [0.25, 0.3) is 0 Å². The molecule has 3 nitrogen and oxygen atoms in total. The number of aromatic hydroxyl groups is 1. The van der Waals surface area contributed by atoms with Gasteiger partial charge in [-0.05, 0) is 25.0 Å². The SMILES string of the molecule is C=CCC[C@H](c1cc(Br)cc(Cl)c1O)N1CCNCC1. The highest BCUT2D eigenvalue weighted by Gasteiger charge is 2.25. The molecular weight excluding hydrogens is 340 g/mol. The number of hydrogen-bond donors (Lipinski definition) is 2. The van der Waals surface area contributed by atoms with Crippen molar-refractivity contribution >= 4 is 27.5 Å². The van der Waals surface area contributed by atoms with E-state index in [1.807, 2.05) is 12.1 Å². The zero-order chi connectivity index (χ0) is 14.5. The number of nitrogens with one attached hydrogen (secondary N) is 1. The molecule has 1 heterocycles. The van der Waals surface area contributed by atoms with Gasteiger partial charge in [0, 0.05) is 42.3 Å². The van der Waals surface area contributed by atoms with Crippen molar-refractivity contribution in [1.29, 1.82) is 0 Å². The quantitative estimate of drug-likeness (QED) is 0.787. The van der Waals surface area contributed by atoms with E-state index in [2.05, 4.69) is 32.7 Å². The van der Waals surface area contributed by atoms with Crippen molar-refractivity contribution in [3.8, 4) is 5.75 Å². The van der Waals surface area contributed by atoms with Crippen molar-refractivity contribution in [2.24, 2.45) is 0 Å². The fourth-order valence-electron chi connectivity index (χ4n) is 2.64. The number of benzene rings is 1.